The molecule has 3 rings (SSSR count). The normalized spacial score (nSPS) is 11.9. The van der Waals surface area contributed by atoms with E-state index in [-0.39, 0.29) is 19.1 Å². The fourth-order valence-electron chi connectivity index (χ4n) is 4.28. The van der Waals surface area contributed by atoms with Gasteiger partial charge in [-0.25, -0.2) is 0 Å². The van der Waals surface area contributed by atoms with Crippen LogP contribution in [0.2, 0.25) is 0 Å². The number of rotatable bonds is 18. The molecule has 3 aromatic rings. The fourth-order valence-corrected chi connectivity index (χ4v) is 5.31. The molecule has 0 aliphatic carbocycles. The number of aldehydes is 1. The summed E-state index contributed by atoms with van der Waals surface area (Å²) in [4.78, 5) is 32.6. The minimum atomic E-state index is -0.190. The van der Waals surface area contributed by atoms with Gasteiger partial charge < -0.3 is 25.6 Å². The average molecular weight is 619 g/mol. The van der Waals surface area contributed by atoms with Crippen LogP contribution in [0.4, 0.5) is 5.69 Å². The van der Waals surface area contributed by atoms with Crippen LogP contribution in [0.1, 0.15) is 46.5 Å². The van der Waals surface area contributed by atoms with Gasteiger partial charge in [0.05, 0.1) is 19.8 Å². The van der Waals surface area contributed by atoms with Crippen LogP contribution in [0.25, 0.3) is 0 Å². The predicted octanol–water partition coefficient (Wildman–Crippen LogP) is 4.89. The Labute approximate surface area is 264 Å². The first-order chi connectivity index (χ1) is 21.4. The lowest BCUT2D eigenvalue weighted by molar-refractivity contribution is 0.0956. The monoisotopic (exact) mass is 618 g/mol. The van der Waals surface area contributed by atoms with Gasteiger partial charge in [0, 0.05) is 71.7 Å². The van der Waals surface area contributed by atoms with E-state index in [0.717, 1.165) is 57.3 Å². The molecule has 234 valence electrons. The van der Waals surface area contributed by atoms with Gasteiger partial charge >= 0.3 is 0 Å². The molecule has 4 N–H and O–H groups in total. The highest BCUT2D eigenvalue weighted by molar-refractivity contribution is 7.99. The first-order valence-electron chi connectivity index (χ1n) is 14.6. The van der Waals surface area contributed by atoms with Gasteiger partial charge in [0.2, 0.25) is 0 Å². The van der Waals surface area contributed by atoms with Gasteiger partial charge in [-0.05, 0) is 79.9 Å². The maximum absolute atomic E-state index is 12.9. The molecular weight excluding hydrogens is 576 g/mol. The fraction of sp³-hybridized carbons (Fsp3) is 0.324. The summed E-state index contributed by atoms with van der Waals surface area (Å²) >= 11 is 1.47. The molecule has 10 heteroatoms. The molecule has 0 bridgehead atoms. The molecule has 0 aromatic heterocycles. The summed E-state index contributed by atoms with van der Waals surface area (Å²) in [6.45, 7) is 6.72. The number of carbonyl (C=O) groups is 2. The van der Waals surface area contributed by atoms with Crippen molar-refractivity contribution in [1.82, 2.24) is 10.2 Å². The number of hydrogen-bond acceptors (Lipinski definition) is 9. The second-order valence-corrected chi connectivity index (χ2v) is 11.2. The van der Waals surface area contributed by atoms with Crippen molar-refractivity contribution >= 4 is 35.4 Å². The Bertz CT molecular complexity index is 1420. The maximum atomic E-state index is 12.9. The van der Waals surface area contributed by atoms with E-state index in [9.17, 15) is 9.59 Å². The van der Waals surface area contributed by atoms with E-state index in [2.05, 4.69) is 15.6 Å². The second kappa shape index (κ2) is 18.6. The molecule has 0 radical (unpaired) electrons. The van der Waals surface area contributed by atoms with Crippen molar-refractivity contribution in [3.63, 3.8) is 0 Å². The Morgan fingerprint density at radius 3 is 2.34 bits per heavy atom. The van der Waals surface area contributed by atoms with E-state index in [1.54, 1.807) is 31.4 Å². The van der Waals surface area contributed by atoms with Crippen LogP contribution in [-0.4, -0.2) is 86.1 Å². The summed E-state index contributed by atoms with van der Waals surface area (Å²) in [5.74, 6) is 0.579. The zero-order valence-corrected chi connectivity index (χ0v) is 26.4. The summed E-state index contributed by atoms with van der Waals surface area (Å²) in [5.41, 5.74) is 4.67. The van der Waals surface area contributed by atoms with E-state index in [4.69, 9.17) is 14.9 Å². The Morgan fingerprint density at radius 2 is 1.66 bits per heavy atom. The molecule has 9 nitrogen and oxygen atoms in total. The van der Waals surface area contributed by atoms with Gasteiger partial charge in [0.1, 0.15) is 5.75 Å². The molecule has 0 aliphatic rings. The predicted molar refractivity (Wildman–Crippen MR) is 177 cm³/mol. The summed E-state index contributed by atoms with van der Waals surface area (Å²) in [6, 6.07) is 20.6. The summed E-state index contributed by atoms with van der Waals surface area (Å²) in [6.07, 6.45) is 3.39. The molecule has 0 atom stereocenters. The van der Waals surface area contributed by atoms with Crippen LogP contribution < -0.4 is 15.4 Å². The van der Waals surface area contributed by atoms with Crippen molar-refractivity contribution in [3.05, 3.63) is 95.2 Å². The average Bonchev–Trinajstić information content (AvgIpc) is 3.05. The molecule has 0 spiro atoms. The number of anilines is 1. The van der Waals surface area contributed by atoms with Crippen molar-refractivity contribution in [2.75, 3.05) is 58.4 Å². The van der Waals surface area contributed by atoms with E-state index in [1.807, 2.05) is 67.3 Å². The number of hydrogen-bond donors (Lipinski definition) is 4. The summed E-state index contributed by atoms with van der Waals surface area (Å²) in [5, 5.41) is 24.3. The van der Waals surface area contributed by atoms with Gasteiger partial charge in [-0.1, -0.05) is 30.0 Å². The van der Waals surface area contributed by atoms with Crippen LogP contribution >= 0.6 is 11.8 Å². The van der Waals surface area contributed by atoms with E-state index in [1.165, 1.54) is 11.8 Å². The lowest BCUT2D eigenvalue weighted by atomic mass is 10.1. The minimum absolute atomic E-state index is 0.0696. The van der Waals surface area contributed by atoms with Gasteiger partial charge in [0.15, 0.2) is 6.29 Å². The van der Waals surface area contributed by atoms with Crippen LogP contribution in [0.3, 0.4) is 0 Å². The van der Waals surface area contributed by atoms with E-state index in [0.29, 0.717) is 37.4 Å². The van der Waals surface area contributed by atoms with Crippen molar-refractivity contribution in [3.8, 4) is 5.75 Å². The molecule has 0 heterocycles. The Kier molecular flexibility index (Phi) is 14.6. The molecule has 0 aliphatic heterocycles. The van der Waals surface area contributed by atoms with Crippen LogP contribution in [0, 0.1) is 0 Å². The number of aliphatic imine (C=N–C) groups is 1. The molecule has 1 amide bonds. The zero-order valence-electron chi connectivity index (χ0n) is 25.6. The van der Waals surface area contributed by atoms with Gasteiger partial charge in [-0.2, -0.15) is 0 Å². The lowest BCUT2D eigenvalue weighted by Crippen LogP contribution is -2.31. The van der Waals surface area contributed by atoms with Crippen molar-refractivity contribution in [1.29, 1.82) is 0 Å². The summed E-state index contributed by atoms with van der Waals surface area (Å²) < 4.78 is 5.83. The molecule has 0 saturated carbocycles. The standard InChI is InChI=1S/C34H42N4O5S/c1-25(22-36-26(2)27-9-12-30(13-10-27)43-20-6-15-38(16-18-39)17-19-40)23-37-34(42)28-11-14-33(31(21-28)35-3)44-32-8-5-4-7-29(32)24-41/h4-5,7-14,21-22,24,35,39-40H,6,15-20,23H2,1-3H3,(H,37,42)/b25-22+,36-26+. The van der Waals surface area contributed by atoms with Crippen molar-refractivity contribution < 1.29 is 24.5 Å². The topological polar surface area (TPSA) is 123 Å². The highest BCUT2D eigenvalue weighted by Gasteiger charge is 2.12. The molecular formula is C34H42N4O5S. The van der Waals surface area contributed by atoms with E-state index >= 15 is 0 Å². The van der Waals surface area contributed by atoms with Gasteiger partial charge in [-0.3, -0.25) is 19.5 Å². The van der Waals surface area contributed by atoms with E-state index < -0.39 is 0 Å². The molecule has 0 fully saturated rings. The quantitative estimate of drug-likeness (QED) is 0.0903. The number of nitrogens with one attached hydrogen (secondary N) is 2. The van der Waals surface area contributed by atoms with Crippen LogP contribution in [-0.2, 0) is 0 Å². The Morgan fingerprint density at radius 1 is 0.955 bits per heavy atom. The number of carbonyl (C=O) groups excluding carboxylic acids is 2. The van der Waals surface area contributed by atoms with Gasteiger partial charge in [0.25, 0.3) is 5.91 Å². The van der Waals surface area contributed by atoms with Crippen molar-refractivity contribution in [2.24, 2.45) is 4.99 Å². The number of nitrogens with zero attached hydrogens (tertiary/aromatic N) is 2. The first kappa shape index (κ1) is 34.5. The van der Waals surface area contributed by atoms with Crippen molar-refractivity contribution in [2.45, 2.75) is 30.1 Å². The smallest absolute Gasteiger partial charge is 0.251 e. The zero-order chi connectivity index (χ0) is 31.7. The Balaban J connectivity index is 1.50. The molecule has 0 saturated heterocycles. The van der Waals surface area contributed by atoms with Gasteiger partial charge in [-0.15, -0.1) is 0 Å². The first-order valence-corrected chi connectivity index (χ1v) is 15.4. The minimum Gasteiger partial charge on any atom is -0.494 e. The highest BCUT2D eigenvalue weighted by atomic mass is 32.2. The van der Waals surface area contributed by atoms with Crippen LogP contribution in [0.15, 0.2) is 93.3 Å². The second-order valence-electron chi connectivity index (χ2n) is 10.1. The molecule has 3 aromatic carbocycles. The number of aliphatic hydroxyl groups excluding tert-OH is 2. The number of amides is 1. The maximum Gasteiger partial charge on any atom is 0.251 e. The highest BCUT2D eigenvalue weighted by Crippen LogP contribution is 2.35. The Hall–Kier alpha value is -3.96. The largest absolute Gasteiger partial charge is 0.494 e. The summed E-state index contributed by atoms with van der Waals surface area (Å²) in [7, 11) is 1.80. The molecule has 44 heavy (non-hydrogen) atoms. The number of aliphatic hydroxyl groups is 2. The third-order valence-corrected chi connectivity index (χ3v) is 7.94. The number of benzene rings is 3. The van der Waals surface area contributed by atoms with Crippen LogP contribution in [0.5, 0.6) is 5.75 Å². The molecule has 0 unspecified atom stereocenters. The third kappa shape index (κ3) is 10.9. The lowest BCUT2D eigenvalue weighted by Gasteiger charge is -2.19. The SMILES string of the molecule is CNc1cc(C(=O)NC/C(C)=C/N=C(\C)c2ccc(OCCCN(CCO)CCO)cc2)ccc1Sc1ccccc1C=O. The number of ether oxygens (including phenoxy) is 1. The third-order valence-electron chi connectivity index (χ3n) is 6.78.